The zero-order valence-electron chi connectivity index (χ0n) is 14.1. The lowest BCUT2D eigenvalue weighted by atomic mass is 10.1. The maximum Gasteiger partial charge on any atom is 0.346 e. The minimum Gasteiger partial charge on any atom is -0.323 e. The number of fused-ring (bicyclic) bond motifs is 1. The summed E-state index contributed by atoms with van der Waals surface area (Å²) in [7, 11) is -4.65. The molecular weight excluding hydrogens is 437 g/mol. The van der Waals surface area contributed by atoms with Crippen molar-refractivity contribution >= 4 is 34.6 Å². The minimum atomic E-state index is -4.65. The number of aromatic amines is 2. The number of nitrogens with one attached hydrogen (secondary N) is 3. The molecule has 0 aliphatic rings. The molecule has 8 nitrogen and oxygen atoms in total. The molecule has 142 valence electrons. The fraction of sp³-hybridized carbons (Fsp3) is 0.176. The first-order valence-electron chi connectivity index (χ1n) is 7.99. The van der Waals surface area contributed by atoms with Crippen LogP contribution in [0.1, 0.15) is 29.9 Å². The Labute approximate surface area is 161 Å². The normalized spacial score (nSPS) is 14.2. The Morgan fingerprint density at radius 2 is 1.67 bits per heavy atom. The van der Waals surface area contributed by atoms with E-state index in [0.717, 1.165) is 10.0 Å². The Balaban J connectivity index is 2.09. The molecule has 1 aromatic heterocycles. The zero-order valence-corrected chi connectivity index (χ0v) is 16.6. The van der Waals surface area contributed by atoms with Crippen molar-refractivity contribution in [2.24, 2.45) is 0 Å². The molecular formula is C17H17BrN3O5P. The number of halogens is 1. The molecule has 0 saturated carbocycles. The number of benzene rings is 2. The summed E-state index contributed by atoms with van der Waals surface area (Å²) in [4.78, 5) is 47.9. The molecule has 0 amide bonds. The van der Waals surface area contributed by atoms with Crippen LogP contribution >= 0.6 is 23.5 Å². The molecule has 10 heteroatoms. The second-order valence-electron chi connectivity index (χ2n) is 6.11. The molecule has 2 atom stereocenters. The highest BCUT2D eigenvalue weighted by Gasteiger charge is 2.33. The fourth-order valence-electron chi connectivity index (χ4n) is 2.84. The molecule has 3 rings (SSSR count). The maximum atomic E-state index is 12.2. The number of para-hydroxylation sites is 1. The third kappa shape index (κ3) is 4.28. The lowest BCUT2D eigenvalue weighted by Gasteiger charge is -2.25. The Bertz CT molecular complexity index is 1140. The highest BCUT2D eigenvalue weighted by Crippen LogP contribution is 2.51. The van der Waals surface area contributed by atoms with E-state index in [1.807, 2.05) is 24.3 Å². The van der Waals surface area contributed by atoms with Crippen LogP contribution in [0.3, 0.4) is 0 Å². The number of rotatable bonds is 5. The predicted molar refractivity (Wildman–Crippen MR) is 106 cm³/mol. The van der Waals surface area contributed by atoms with Gasteiger partial charge < -0.3 is 19.8 Å². The van der Waals surface area contributed by atoms with Crippen LogP contribution in [0, 0.1) is 0 Å². The van der Waals surface area contributed by atoms with Gasteiger partial charge in [0.05, 0.1) is 11.0 Å². The molecule has 0 fully saturated rings. The largest absolute Gasteiger partial charge is 0.346 e. The van der Waals surface area contributed by atoms with E-state index >= 15 is 0 Å². The first kappa shape index (κ1) is 19.7. The lowest BCUT2D eigenvalue weighted by Crippen LogP contribution is -2.30. The summed E-state index contributed by atoms with van der Waals surface area (Å²) in [6.07, 6.45) is 0. The van der Waals surface area contributed by atoms with Crippen LogP contribution < -0.4 is 16.4 Å². The van der Waals surface area contributed by atoms with Crippen molar-refractivity contribution in [3.63, 3.8) is 0 Å². The summed E-state index contributed by atoms with van der Waals surface area (Å²) in [5.41, 5.74) is -0.236. The molecule has 0 bridgehead atoms. The van der Waals surface area contributed by atoms with Gasteiger partial charge in [-0.1, -0.05) is 40.2 Å². The van der Waals surface area contributed by atoms with Gasteiger partial charge in [0.2, 0.25) is 0 Å². The SMILES string of the molecule is C[C@H](NC(c1cccc2[nH]c(=O)c(=O)[nH]c12)P(=O)(O)O)c1ccc(Br)cc1. The highest BCUT2D eigenvalue weighted by atomic mass is 79.9. The van der Waals surface area contributed by atoms with Gasteiger partial charge in [-0.2, -0.15) is 0 Å². The second kappa shape index (κ2) is 7.53. The Morgan fingerprint density at radius 3 is 2.30 bits per heavy atom. The summed E-state index contributed by atoms with van der Waals surface area (Å²) in [5.74, 6) is -1.37. The summed E-state index contributed by atoms with van der Waals surface area (Å²) >= 11 is 3.35. The van der Waals surface area contributed by atoms with Gasteiger partial charge in [0.15, 0.2) is 0 Å². The Hall–Kier alpha value is -2.03. The lowest BCUT2D eigenvalue weighted by molar-refractivity contribution is 0.341. The average Bonchev–Trinajstić information content (AvgIpc) is 2.60. The van der Waals surface area contributed by atoms with Crippen molar-refractivity contribution in [1.29, 1.82) is 0 Å². The van der Waals surface area contributed by atoms with Crippen LogP contribution in [0.15, 0.2) is 56.5 Å². The first-order valence-corrected chi connectivity index (χ1v) is 10.5. The molecule has 27 heavy (non-hydrogen) atoms. The molecule has 3 aromatic rings. The van der Waals surface area contributed by atoms with E-state index in [1.165, 1.54) is 6.07 Å². The molecule has 1 heterocycles. The fourth-order valence-corrected chi connectivity index (χ4v) is 4.10. The molecule has 0 aliphatic carbocycles. The number of hydrogen-bond donors (Lipinski definition) is 5. The van der Waals surface area contributed by atoms with Crippen molar-refractivity contribution in [1.82, 2.24) is 15.3 Å². The van der Waals surface area contributed by atoms with E-state index in [4.69, 9.17) is 0 Å². The number of H-pyrrole nitrogens is 2. The van der Waals surface area contributed by atoms with Gasteiger partial charge in [0.25, 0.3) is 0 Å². The van der Waals surface area contributed by atoms with E-state index in [1.54, 1.807) is 19.1 Å². The molecule has 1 unspecified atom stereocenters. The molecule has 5 N–H and O–H groups in total. The van der Waals surface area contributed by atoms with Gasteiger partial charge >= 0.3 is 18.7 Å². The second-order valence-corrected chi connectivity index (χ2v) is 8.72. The smallest absolute Gasteiger partial charge is 0.323 e. The number of hydrogen-bond acceptors (Lipinski definition) is 4. The van der Waals surface area contributed by atoms with Gasteiger partial charge in [-0.05, 0) is 30.7 Å². The highest BCUT2D eigenvalue weighted by molar-refractivity contribution is 9.10. The predicted octanol–water partition coefficient (Wildman–Crippen LogP) is 2.51. The Morgan fingerprint density at radius 1 is 1.04 bits per heavy atom. The van der Waals surface area contributed by atoms with E-state index in [9.17, 15) is 23.9 Å². The van der Waals surface area contributed by atoms with E-state index in [-0.39, 0.29) is 22.6 Å². The quantitative estimate of drug-likeness (QED) is 0.297. The summed E-state index contributed by atoms with van der Waals surface area (Å²) < 4.78 is 13.1. The first-order chi connectivity index (χ1) is 12.7. The van der Waals surface area contributed by atoms with E-state index in [0.29, 0.717) is 0 Å². The topological polar surface area (TPSA) is 135 Å². The summed E-state index contributed by atoms with van der Waals surface area (Å²) in [5, 5.41) is 2.94. The standard InChI is InChI=1S/C17H17BrN3O5P/c1-9(10-5-7-11(18)8-6-10)19-17(27(24,25)26)12-3-2-4-13-14(12)21-16(23)15(22)20-13/h2-9,17,19H,1H3,(H,20,22)(H,21,23)(H2,24,25,26)/t9-,17?/m0/s1. The van der Waals surface area contributed by atoms with Crippen LogP contribution in [-0.2, 0) is 4.57 Å². The van der Waals surface area contributed by atoms with Gasteiger partial charge in [-0.3, -0.25) is 19.5 Å². The van der Waals surface area contributed by atoms with E-state index < -0.39 is 24.5 Å². The van der Waals surface area contributed by atoms with Crippen LogP contribution in [-0.4, -0.2) is 19.8 Å². The van der Waals surface area contributed by atoms with Crippen molar-refractivity contribution in [2.75, 3.05) is 0 Å². The zero-order chi connectivity index (χ0) is 19.8. The minimum absolute atomic E-state index is 0.172. The van der Waals surface area contributed by atoms with Gasteiger partial charge in [0, 0.05) is 16.1 Å². The average molecular weight is 454 g/mol. The summed E-state index contributed by atoms with van der Waals surface area (Å²) in [6, 6.07) is 11.6. The van der Waals surface area contributed by atoms with Crippen molar-refractivity contribution < 1.29 is 14.4 Å². The van der Waals surface area contributed by atoms with Crippen LogP contribution in [0.4, 0.5) is 0 Å². The van der Waals surface area contributed by atoms with Crippen LogP contribution in [0.5, 0.6) is 0 Å². The van der Waals surface area contributed by atoms with Crippen molar-refractivity contribution in [3.8, 4) is 0 Å². The Kier molecular flexibility index (Phi) is 5.50. The van der Waals surface area contributed by atoms with Crippen molar-refractivity contribution in [3.05, 3.63) is 78.8 Å². The maximum absolute atomic E-state index is 12.2. The van der Waals surface area contributed by atoms with Crippen molar-refractivity contribution in [2.45, 2.75) is 18.7 Å². The molecule has 0 spiro atoms. The van der Waals surface area contributed by atoms with Crippen LogP contribution in [0.25, 0.3) is 11.0 Å². The van der Waals surface area contributed by atoms with Gasteiger partial charge in [-0.15, -0.1) is 0 Å². The third-order valence-electron chi connectivity index (χ3n) is 4.20. The molecule has 0 radical (unpaired) electrons. The monoisotopic (exact) mass is 453 g/mol. The third-order valence-corrected chi connectivity index (χ3v) is 5.83. The summed E-state index contributed by atoms with van der Waals surface area (Å²) in [6.45, 7) is 1.78. The molecule has 0 saturated heterocycles. The van der Waals surface area contributed by atoms with Gasteiger partial charge in [0.1, 0.15) is 5.78 Å². The molecule has 0 aliphatic heterocycles. The van der Waals surface area contributed by atoms with Crippen LogP contribution in [0.2, 0.25) is 0 Å². The molecule has 2 aromatic carbocycles. The van der Waals surface area contributed by atoms with Gasteiger partial charge in [-0.25, -0.2) is 0 Å². The van der Waals surface area contributed by atoms with E-state index in [2.05, 4.69) is 31.2 Å². The number of aromatic nitrogens is 2.